The fourth-order valence-electron chi connectivity index (χ4n) is 2.84. The molecule has 0 aliphatic heterocycles. The second kappa shape index (κ2) is 7.75. The first-order chi connectivity index (χ1) is 13.7. The quantitative estimate of drug-likeness (QED) is 0.432. The summed E-state index contributed by atoms with van der Waals surface area (Å²) >= 11 is 0. The zero-order chi connectivity index (χ0) is 19.3. The Morgan fingerprint density at radius 2 is 1.93 bits per heavy atom. The minimum Gasteiger partial charge on any atom is -0.267 e. The molecule has 0 unspecified atom stereocenters. The first kappa shape index (κ1) is 17.5. The van der Waals surface area contributed by atoms with Crippen LogP contribution in [0.4, 0.5) is 4.39 Å². The molecule has 2 aromatic heterocycles. The van der Waals surface area contributed by atoms with Crippen LogP contribution < -0.4 is 5.43 Å². The van der Waals surface area contributed by atoms with Crippen LogP contribution in [0.5, 0.6) is 0 Å². The number of carbonyl (C=O) groups is 1. The number of para-hydroxylation sites is 1. The average Bonchev–Trinajstić information content (AvgIpc) is 2.73. The topological polar surface area (TPSA) is 67.2 Å². The van der Waals surface area contributed by atoms with Crippen molar-refractivity contribution in [1.82, 2.24) is 15.4 Å². The number of carbonyl (C=O) groups excluding carboxylic acids is 1. The van der Waals surface area contributed by atoms with Crippen molar-refractivity contribution in [3.05, 3.63) is 96.1 Å². The summed E-state index contributed by atoms with van der Waals surface area (Å²) in [6, 6.07) is 18.8. The van der Waals surface area contributed by atoms with Gasteiger partial charge in [0.2, 0.25) is 0 Å². The molecule has 28 heavy (non-hydrogen) atoms. The summed E-state index contributed by atoms with van der Waals surface area (Å²) < 4.78 is 13.2. The number of hydrogen-bond donors (Lipinski definition) is 1. The van der Waals surface area contributed by atoms with Crippen LogP contribution in [0.1, 0.15) is 15.9 Å². The van der Waals surface area contributed by atoms with Crippen molar-refractivity contribution in [2.24, 2.45) is 5.10 Å². The molecule has 0 atom stereocenters. The summed E-state index contributed by atoms with van der Waals surface area (Å²) in [6.45, 7) is 0. The van der Waals surface area contributed by atoms with Gasteiger partial charge in [0.1, 0.15) is 5.82 Å². The third-order valence-corrected chi connectivity index (χ3v) is 4.15. The molecular formula is C22H15FN4O. The number of aromatic nitrogens is 2. The number of benzene rings is 2. The molecule has 0 saturated heterocycles. The molecule has 0 bridgehead atoms. The highest BCUT2D eigenvalue weighted by Gasteiger charge is 2.13. The number of fused-ring (bicyclic) bond motifs is 1. The third kappa shape index (κ3) is 3.76. The van der Waals surface area contributed by atoms with Gasteiger partial charge in [-0.1, -0.05) is 30.3 Å². The van der Waals surface area contributed by atoms with Crippen molar-refractivity contribution >= 4 is 23.0 Å². The number of hydrogen-bond acceptors (Lipinski definition) is 4. The Hall–Kier alpha value is -3.93. The molecular weight excluding hydrogens is 355 g/mol. The van der Waals surface area contributed by atoms with E-state index in [-0.39, 0.29) is 11.7 Å². The fourth-order valence-corrected chi connectivity index (χ4v) is 2.84. The molecule has 0 radical (unpaired) electrons. The lowest BCUT2D eigenvalue weighted by Crippen LogP contribution is -2.18. The highest BCUT2D eigenvalue weighted by molar-refractivity contribution is 6.07. The van der Waals surface area contributed by atoms with Gasteiger partial charge in [-0.25, -0.2) is 14.8 Å². The Morgan fingerprint density at radius 3 is 2.75 bits per heavy atom. The molecule has 1 N–H and O–H groups in total. The van der Waals surface area contributed by atoms with E-state index < -0.39 is 0 Å². The lowest BCUT2D eigenvalue weighted by atomic mass is 10.0. The third-order valence-electron chi connectivity index (χ3n) is 4.15. The van der Waals surface area contributed by atoms with Crippen LogP contribution >= 0.6 is 0 Å². The standard InChI is InChI=1S/C22H15FN4O/c23-17-7-3-5-15(11-17)13-25-27-22(28)19-12-21(16-6-4-10-24-14-16)26-20-9-2-1-8-18(19)20/h1-14H,(H,27,28)/b25-13-. The predicted octanol–water partition coefficient (Wildman–Crippen LogP) is 4.20. The summed E-state index contributed by atoms with van der Waals surface area (Å²) in [6.07, 6.45) is 4.77. The molecule has 0 spiro atoms. The summed E-state index contributed by atoms with van der Waals surface area (Å²) in [5.41, 5.74) is 5.65. The summed E-state index contributed by atoms with van der Waals surface area (Å²) in [4.78, 5) is 21.5. The van der Waals surface area contributed by atoms with E-state index in [1.165, 1.54) is 18.3 Å². The van der Waals surface area contributed by atoms with E-state index in [0.717, 1.165) is 5.56 Å². The van der Waals surface area contributed by atoms with Gasteiger partial charge in [-0.05, 0) is 42.0 Å². The summed E-state index contributed by atoms with van der Waals surface area (Å²) in [5, 5.41) is 4.66. The molecule has 0 aliphatic rings. The highest BCUT2D eigenvalue weighted by Crippen LogP contribution is 2.24. The number of halogens is 1. The molecule has 0 fully saturated rings. The van der Waals surface area contributed by atoms with Gasteiger partial charge < -0.3 is 0 Å². The maximum atomic E-state index is 13.2. The van der Waals surface area contributed by atoms with E-state index in [1.54, 1.807) is 30.6 Å². The van der Waals surface area contributed by atoms with Crippen molar-refractivity contribution in [2.45, 2.75) is 0 Å². The molecule has 5 nitrogen and oxygen atoms in total. The highest BCUT2D eigenvalue weighted by atomic mass is 19.1. The van der Waals surface area contributed by atoms with E-state index in [4.69, 9.17) is 0 Å². The number of pyridine rings is 2. The molecule has 2 heterocycles. The van der Waals surface area contributed by atoms with Crippen LogP contribution in [0.25, 0.3) is 22.2 Å². The smallest absolute Gasteiger partial charge is 0.267 e. The predicted molar refractivity (Wildman–Crippen MR) is 106 cm³/mol. The normalized spacial score (nSPS) is 11.0. The van der Waals surface area contributed by atoms with Crippen LogP contribution in [0, 0.1) is 5.82 Å². The first-order valence-electron chi connectivity index (χ1n) is 8.60. The Kier molecular flexibility index (Phi) is 4.84. The van der Waals surface area contributed by atoms with E-state index in [0.29, 0.717) is 27.7 Å². The molecule has 0 saturated carbocycles. The minimum atomic E-state index is -0.378. The van der Waals surface area contributed by atoms with Crippen LogP contribution in [-0.2, 0) is 0 Å². The fraction of sp³-hybridized carbons (Fsp3) is 0. The minimum absolute atomic E-state index is 0.364. The number of nitrogens with one attached hydrogen (secondary N) is 1. The van der Waals surface area contributed by atoms with Crippen LogP contribution in [-0.4, -0.2) is 22.1 Å². The van der Waals surface area contributed by atoms with Crippen LogP contribution in [0.3, 0.4) is 0 Å². The van der Waals surface area contributed by atoms with Crippen molar-refractivity contribution < 1.29 is 9.18 Å². The van der Waals surface area contributed by atoms with E-state index in [2.05, 4.69) is 20.5 Å². The molecule has 136 valence electrons. The van der Waals surface area contributed by atoms with Gasteiger partial charge in [-0.2, -0.15) is 5.10 Å². The summed E-state index contributed by atoms with van der Waals surface area (Å²) in [7, 11) is 0. The Morgan fingerprint density at radius 1 is 1.04 bits per heavy atom. The number of hydrazone groups is 1. The zero-order valence-electron chi connectivity index (χ0n) is 14.7. The SMILES string of the molecule is O=C(N/N=C\c1cccc(F)c1)c1cc(-c2cccnc2)nc2ccccc12. The number of amides is 1. The van der Waals surface area contributed by atoms with Gasteiger partial charge in [0.15, 0.2) is 0 Å². The lowest BCUT2D eigenvalue weighted by molar-refractivity contribution is 0.0956. The van der Waals surface area contributed by atoms with E-state index in [1.807, 2.05) is 36.4 Å². The second-order valence-electron chi connectivity index (χ2n) is 6.07. The molecule has 6 heteroatoms. The molecule has 1 amide bonds. The largest absolute Gasteiger partial charge is 0.272 e. The van der Waals surface area contributed by atoms with Crippen molar-refractivity contribution in [2.75, 3.05) is 0 Å². The van der Waals surface area contributed by atoms with Gasteiger partial charge >= 0.3 is 0 Å². The van der Waals surface area contributed by atoms with E-state index in [9.17, 15) is 9.18 Å². The zero-order valence-corrected chi connectivity index (χ0v) is 14.7. The summed E-state index contributed by atoms with van der Waals surface area (Å²) in [5.74, 6) is -0.743. The molecule has 4 aromatic rings. The van der Waals surface area contributed by atoms with Crippen LogP contribution in [0.2, 0.25) is 0 Å². The van der Waals surface area contributed by atoms with Gasteiger partial charge in [0.05, 0.1) is 23.0 Å². The maximum Gasteiger partial charge on any atom is 0.272 e. The van der Waals surface area contributed by atoms with E-state index >= 15 is 0 Å². The first-order valence-corrected chi connectivity index (χ1v) is 8.60. The van der Waals surface area contributed by atoms with Gasteiger partial charge in [-0.15, -0.1) is 0 Å². The Balaban J connectivity index is 1.67. The van der Waals surface area contributed by atoms with Gasteiger partial charge in [-0.3, -0.25) is 9.78 Å². The average molecular weight is 370 g/mol. The Bertz CT molecular complexity index is 1180. The van der Waals surface area contributed by atoms with Crippen molar-refractivity contribution in [3.63, 3.8) is 0 Å². The molecule has 4 rings (SSSR count). The molecule has 0 aliphatic carbocycles. The number of nitrogens with zero attached hydrogens (tertiary/aromatic N) is 3. The number of rotatable bonds is 4. The second-order valence-corrected chi connectivity index (χ2v) is 6.07. The van der Waals surface area contributed by atoms with Crippen LogP contribution in [0.15, 0.2) is 84.2 Å². The van der Waals surface area contributed by atoms with Crippen molar-refractivity contribution in [3.8, 4) is 11.3 Å². The van der Waals surface area contributed by atoms with Gasteiger partial charge in [0, 0.05) is 23.3 Å². The molecule has 2 aromatic carbocycles. The monoisotopic (exact) mass is 370 g/mol. The Labute approximate surface area is 160 Å². The van der Waals surface area contributed by atoms with Crippen molar-refractivity contribution in [1.29, 1.82) is 0 Å². The maximum absolute atomic E-state index is 13.2. The lowest BCUT2D eigenvalue weighted by Gasteiger charge is -2.08. The van der Waals surface area contributed by atoms with Gasteiger partial charge in [0.25, 0.3) is 5.91 Å².